The summed E-state index contributed by atoms with van der Waals surface area (Å²) in [6.45, 7) is 0. The first-order valence-electron chi connectivity index (χ1n) is 5.25. The van der Waals surface area contributed by atoms with Gasteiger partial charge in [-0.3, -0.25) is 0 Å². The van der Waals surface area contributed by atoms with Crippen molar-refractivity contribution in [3.63, 3.8) is 0 Å². The van der Waals surface area contributed by atoms with Gasteiger partial charge in [0.25, 0.3) is 0 Å². The molecule has 1 nitrogen and oxygen atoms in total. The third kappa shape index (κ3) is 2.64. The maximum atomic E-state index is 13.4. The number of hydrogen-bond acceptors (Lipinski definition) is 1. The molecule has 0 bridgehead atoms. The first kappa shape index (κ1) is 14.0. The van der Waals surface area contributed by atoms with Gasteiger partial charge >= 0.3 is 0 Å². The molecule has 0 radical (unpaired) electrons. The van der Waals surface area contributed by atoms with E-state index in [4.69, 9.17) is 5.73 Å². The molecule has 2 N–H and O–H groups in total. The smallest absolute Gasteiger partial charge is 0.173 e. The van der Waals surface area contributed by atoms with Crippen molar-refractivity contribution in [3.05, 3.63) is 69.2 Å². The van der Waals surface area contributed by atoms with Crippen LogP contribution in [0.1, 0.15) is 17.2 Å². The normalized spacial score (nSPS) is 12.5. The average Bonchev–Trinajstić information content (AvgIpc) is 2.39. The Morgan fingerprint density at radius 3 is 2.16 bits per heavy atom. The summed E-state index contributed by atoms with van der Waals surface area (Å²) in [7, 11) is 0. The zero-order valence-electron chi connectivity index (χ0n) is 9.43. The summed E-state index contributed by atoms with van der Waals surface area (Å²) in [6, 6.07) is 4.45. The van der Waals surface area contributed by atoms with E-state index in [1.54, 1.807) is 0 Å². The maximum Gasteiger partial charge on any atom is 0.173 e. The van der Waals surface area contributed by atoms with E-state index in [1.165, 1.54) is 12.1 Å². The van der Waals surface area contributed by atoms with Gasteiger partial charge in [0.1, 0.15) is 0 Å². The Balaban J connectivity index is 2.47. The molecule has 6 heteroatoms. The van der Waals surface area contributed by atoms with E-state index in [1.807, 2.05) is 0 Å². The summed E-state index contributed by atoms with van der Waals surface area (Å²) in [6.07, 6.45) is 0. The van der Waals surface area contributed by atoms with E-state index in [9.17, 15) is 17.6 Å². The molecule has 19 heavy (non-hydrogen) atoms. The van der Waals surface area contributed by atoms with Crippen molar-refractivity contribution in [2.24, 2.45) is 5.73 Å². The molecule has 0 spiro atoms. The van der Waals surface area contributed by atoms with Crippen LogP contribution in [0.15, 0.2) is 34.8 Å². The molecule has 2 rings (SSSR count). The summed E-state index contributed by atoms with van der Waals surface area (Å²) in [5.41, 5.74) is 6.34. The van der Waals surface area contributed by atoms with Crippen LogP contribution >= 0.6 is 15.9 Å². The highest BCUT2D eigenvalue weighted by atomic mass is 79.9. The topological polar surface area (TPSA) is 26.0 Å². The predicted molar refractivity (Wildman–Crippen MR) is 66.4 cm³/mol. The Bertz CT molecular complexity index is 630. The molecule has 0 saturated heterocycles. The predicted octanol–water partition coefficient (Wildman–Crippen LogP) is 4.05. The summed E-state index contributed by atoms with van der Waals surface area (Å²) in [5.74, 6) is -4.14. The molecule has 0 heterocycles. The van der Waals surface area contributed by atoms with Gasteiger partial charge in [0.15, 0.2) is 23.3 Å². The Hall–Kier alpha value is -1.40. The molecule has 0 saturated carbocycles. The van der Waals surface area contributed by atoms with E-state index in [2.05, 4.69) is 15.9 Å². The van der Waals surface area contributed by atoms with Crippen LogP contribution in [-0.2, 0) is 0 Å². The van der Waals surface area contributed by atoms with Gasteiger partial charge in [0.05, 0.1) is 10.5 Å². The van der Waals surface area contributed by atoms with Crippen LogP contribution in [0.5, 0.6) is 0 Å². The Morgan fingerprint density at radius 1 is 0.895 bits per heavy atom. The third-order valence-electron chi connectivity index (χ3n) is 2.70. The fourth-order valence-corrected chi connectivity index (χ4v) is 2.23. The maximum absolute atomic E-state index is 13.4. The van der Waals surface area contributed by atoms with E-state index in [0.29, 0.717) is 0 Å². The van der Waals surface area contributed by atoms with Gasteiger partial charge in [-0.25, -0.2) is 17.6 Å². The minimum atomic E-state index is -1.07. The molecule has 0 fully saturated rings. The second-order valence-corrected chi connectivity index (χ2v) is 4.71. The lowest BCUT2D eigenvalue weighted by Crippen LogP contribution is -2.14. The standard InChI is InChI=1S/C13H8BrF4N/c14-11-7(2-4-9(16)12(11)18)13(19)6-1-3-8(15)10(17)5-6/h1-5,13H,19H2. The van der Waals surface area contributed by atoms with Crippen LogP contribution in [0.3, 0.4) is 0 Å². The highest BCUT2D eigenvalue weighted by molar-refractivity contribution is 9.10. The van der Waals surface area contributed by atoms with Crippen LogP contribution in [0.2, 0.25) is 0 Å². The molecule has 0 aliphatic carbocycles. The lowest BCUT2D eigenvalue weighted by atomic mass is 9.99. The molecule has 2 aromatic carbocycles. The number of halogens is 5. The molecule has 0 aromatic heterocycles. The molecule has 100 valence electrons. The van der Waals surface area contributed by atoms with Crippen LogP contribution < -0.4 is 5.73 Å². The van der Waals surface area contributed by atoms with Gasteiger partial charge in [-0.05, 0) is 45.3 Å². The van der Waals surface area contributed by atoms with E-state index < -0.39 is 29.3 Å². The first-order chi connectivity index (χ1) is 8.91. The number of benzene rings is 2. The minimum Gasteiger partial charge on any atom is -0.320 e. The quantitative estimate of drug-likeness (QED) is 0.651. The number of hydrogen-bond donors (Lipinski definition) is 1. The molecule has 1 unspecified atom stereocenters. The van der Waals surface area contributed by atoms with Crippen LogP contribution in [-0.4, -0.2) is 0 Å². The average molecular weight is 334 g/mol. The molecular weight excluding hydrogens is 326 g/mol. The van der Waals surface area contributed by atoms with Gasteiger partial charge in [-0.1, -0.05) is 12.1 Å². The molecule has 0 aliphatic rings. The van der Waals surface area contributed by atoms with Crippen LogP contribution in [0, 0.1) is 23.3 Å². The van der Waals surface area contributed by atoms with Gasteiger partial charge in [-0.15, -0.1) is 0 Å². The zero-order valence-corrected chi connectivity index (χ0v) is 11.0. The highest BCUT2D eigenvalue weighted by Crippen LogP contribution is 2.30. The van der Waals surface area contributed by atoms with Crippen molar-refractivity contribution in [3.8, 4) is 0 Å². The highest BCUT2D eigenvalue weighted by Gasteiger charge is 2.18. The molecule has 0 amide bonds. The van der Waals surface area contributed by atoms with Gasteiger partial charge in [0, 0.05) is 0 Å². The minimum absolute atomic E-state index is 0.135. The summed E-state index contributed by atoms with van der Waals surface area (Å²) in [4.78, 5) is 0. The summed E-state index contributed by atoms with van der Waals surface area (Å²) >= 11 is 2.90. The lowest BCUT2D eigenvalue weighted by molar-refractivity contribution is 0.500. The Kier molecular flexibility index (Phi) is 3.91. The van der Waals surface area contributed by atoms with Gasteiger partial charge in [-0.2, -0.15) is 0 Å². The molecular formula is C13H8BrF4N. The van der Waals surface area contributed by atoms with Crippen molar-refractivity contribution in [1.29, 1.82) is 0 Å². The number of nitrogens with two attached hydrogens (primary N) is 1. The fraction of sp³-hybridized carbons (Fsp3) is 0.0769. The Morgan fingerprint density at radius 2 is 1.53 bits per heavy atom. The summed E-state index contributed by atoms with van der Waals surface area (Å²) < 4.78 is 52.2. The largest absolute Gasteiger partial charge is 0.320 e. The number of rotatable bonds is 2. The SMILES string of the molecule is NC(c1ccc(F)c(F)c1)c1ccc(F)c(F)c1Br. The van der Waals surface area contributed by atoms with Crippen molar-refractivity contribution in [1.82, 2.24) is 0 Å². The van der Waals surface area contributed by atoms with Gasteiger partial charge < -0.3 is 5.73 Å². The van der Waals surface area contributed by atoms with Crippen LogP contribution in [0.4, 0.5) is 17.6 Å². The van der Waals surface area contributed by atoms with Crippen LogP contribution in [0.25, 0.3) is 0 Å². The summed E-state index contributed by atoms with van der Waals surface area (Å²) in [5, 5.41) is 0. The Labute approximate surface area is 115 Å². The zero-order chi connectivity index (χ0) is 14.2. The second-order valence-electron chi connectivity index (χ2n) is 3.92. The molecule has 0 aliphatic heterocycles. The van der Waals surface area contributed by atoms with E-state index in [-0.39, 0.29) is 15.6 Å². The van der Waals surface area contributed by atoms with Crippen molar-refractivity contribution in [2.75, 3.05) is 0 Å². The van der Waals surface area contributed by atoms with Gasteiger partial charge in [0.2, 0.25) is 0 Å². The van der Waals surface area contributed by atoms with E-state index >= 15 is 0 Å². The fourth-order valence-electron chi connectivity index (χ4n) is 1.67. The monoisotopic (exact) mass is 333 g/mol. The van der Waals surface area contributed by atoms with Crippen molar-refractivity contribution >= 4 is 15.9 Å². The van der Waals surface area contributed by atoms with Crippen molar-refractivity contribution < 1.29 is 17.6 Å². The second kappa shape index (κ2) is 5.30. The van der Waals surface area contributed by atoms with Crippen molar-refractivity contribution in [2.45, 2.75) is 6.04 Å². The first-order valence-corrected chi connectivity index (χ1v) is 6.05. The third-order valence-corrected chi connectivity index (χ3v) is 3.51. The molecule has 2 aromatic rings. The lowest BCUT2D eigenvalue weighted by Gasteiger charge is -2.15. The molecule has 1 atom stereocenters. The van der Waals surface area contributed by atoms with E-state index in [0.717, 1.165) is 18.2 Å².